The number of allylic oxidation sites excluding steroid dienone is 1. The fourth-order valence-electron chi connectivity index (χ4n) is 1.66. The molecule has 1 amide bonds. The number of aryl methyl sites for hydroxylation is 1. The van der Waals surface area contributed by atoms with Crippen LogP contribution in [-0.2, 0) is 7.05 Å². The second-order valence-corrected chi connectivity index (χ2v) is 5.91. The number of halogens is 3. The van der Waals surface area contributed by atoms with Gasteiger partial charge in [-0.15, -0.1) is 0 Å². The van der Waals surface area contributed by atoms with E-state index in [0.717, 1.165) is 6.92 Å². The van der Waals surface area contributed by atoms with Crippen molar-refractivity contribution in [3.63, 3.8) is 0 Å². The number of hydrogen-bond acceptors (Lipinski definition) is 5. The molecule has 0 aliphatic heterocycles. The Morgan fingerprint density at radius 2 is 2.08 bits per heavy atom. The van der Waals surface area contributed by atoms with Gasteiger partial charge in [0.05, 0.1) is 5.03 Å². The molecule has 1 aromatic heterocycles. The van der Waals surface area contributed by atoms with Crippen molar-refractivity contribution in [2.45, 2.75) is 33.4 Å². The lowest BCUT2D eigenvalue weighted by Gasteiger charge is -2.11. The number of aromatic nitrogens is 1. The minimum atomic E-state index is -4.57. The molecule has 0 atom stereocenters. The Morgan fingerprint density at radius 3 is 2.60 bits per heavy atom. The summed E-state index contributed by atoms with van der Waals surface area (Å²) < 4.78 is 41.9. The molecule has 0 spiro atoms. The molecule has 6 nitrogen and oxygen atoms in total. The zero-order chi connectivity index (χ0) is 19.4. The summed E-state index contributed by atoms with van der Waals surface area (Å²) >= 11 is 0.430. The lowest BCUT2D eigenvalue weighted by molar-refractivity contribution is -0.0589. The number of alkyl halides is 3. The molecule has 0 aliphatic rings. The van der Waals surface area contributed by atoms with Crippen LogP contribution in [0.25, 0.3) is 0 Å². The first kappa shape index (κ1) is 20.8. The van der Waals surface area contributed by atoms with Crippen molar-refractivity contribution in [1.82, 2.24) is 9.88 Å². The first-order chi connectivity index (χ1) is 11.5. The Morgan fingerprint density at radius 1 is 1.48 bits per heavy atom. The molecule has 0 unspecified atom stereocenters. The van der Waals surface area contributed by atoms with Gasteiger partial charge in [0, 0.05) is 30.8 Å². The summed E-state index contributed by atoms with van der Waals surface area (Å²) in [6.45, 7) is 4.10. The first-order valence-electron chi connectivity index (χ1n) is 7.18. The molecular weight excluding hydrogens is 359 g/mol. The van der Waals surface area contributed by atoms with E-state index in [0.29, 0.717) is 24.1 Å². The van der Waals surface area contributed by atoms with Gasteiger partial charge in [-0.1, -0.05) is 13.0 Å². The molecule has 2 N–H and O–H groups in total. The average molecular weight is 377 g/mol. The van der Waals surface area contributed by atoms with Gasteiger partial charge < -0.3 is 15.0 Å². The number of rotatable bonds is 5. The topological polar surface area (TPSA) is 83.7 Å². The summed E-state index contributed by atoms with van der Waals surface area (Å²) in [4.78, 5) is 24.4. The summed E-state index contributed by atoms with van der Waals surface area (Å²) in [6.07, 6.45) is -2.70. The number of nitrogens with zero attached hydrogens (tertiary/aromatic N) is 2. The van der Waals surface area contributed by atoms with Crippen LogP contribution in [0.4, 0.5) is 13.2 Å². The summed E-state index contributed by atoms with van der Waals surface area (Å²) in [5.41, 5.74) is -1.83. The number of nitrogens with one attached hydrogen (secondary N) is 1. The van der Waals surface area contributed by atoms with E-state index in [1.54, 1.807) is 13.8 Å². The van der Waals surface area contributed by atoms with Crippen LogP contribution in [-0.4, -0.2) is 27.5 Å². The molecule has 1 aromatic rings. The predicted molar refractivity (Wildman–Crippen MR) is 90.7 cm³/mol. The smallest absolute Gasteiger partial charge is 0.429 e. The van der Waals surface area contributed by atoms with Crippen molar-refractivity contribution < 1.29 is 23.1 Å². The van der Waals surface area contributed by atoms with E-state index in [2.05, 4.69) is 9.71 Å². The Kier molecular flexibility index (Phi) is 6.86. The van der Waals surface area contributed by atoms with Gasteiger partial charge in [-0.2, -0.15) is 13.2 Å². The van der Waals surface area contributed by atoms with Crippen molar-refractivity contribution in [3.8, 4) is 5.75 Å². The van der Waals surface area contributed by atoms with E-state index in [1.165, 1.54) is 23.8 Å². The Balaban J connectivity index is 3.09. The number of aromatic hydroxyl groups is 1. The quantitative estimate of drug-likeness (QED) is 0.610. The second-order valence-electron chi connectivity index (χ2n) is 5.11. The van der Waals surface area contributed by atoms with Gasteiger partial charge in [0.1, 0.15) is 17.0 Å². The Hall–Kier alpha value is -2.23. The van der Waals surface area contributed by atoms with Crippen LogP contribution < -0.4 is 10.9 Å². The second kappa shape index (κ2) is 8.24. The van der Waals surface area contributed by atoms with Crippen LogP contribution in [0.2, 0.25) is 0 Å². The summed E-state index contributed by atoms with van der Waals surface area (Å²) in [6, 6.07) is 1.25. The van der Waals surface area contributed by atoms with E-state index < -0.39 is 34.7 Å². The van der Waals surface area contributed by atoms with Crippen molar-refractivity contribution in [3.05, 3.63) is 38.8 Å². The molecule has 138 valence electrons. The number of pyridine rings is 1. The third-order valence-electron chi connectivity index (χ3n) is 3.19. The minimum Gasteiger partial charge on any atom is -0.507 e. The third-order valence-corrected chi connectivity index (χ3v) is 4.02. The molecule has 0 fully saturated rings. The zero-order valence-electron chi connectivity index (χ0n) is 14.1. The van der Waals surface area contributed by atoms with Crippen LogP contribution in [0.5, 0.6) is 5.75 Å². The molecule has 1 heterocycles. The number of carbonyl (C=O) groups is 1. The highest BCUT2D eigenvalue weighted by atomic mass is 32.2. The lowest BCUT2D eigenvalue weighted by Crippen LogP contribution is -2.32. The molecule has 10 heteroatoms. The predicted octanol–water partition coefficient (Wildman–Crippen LogP) is 3.05. The zero-order valence-corrected chi connectivity index (χ0v) is 14.9. The van der Waals surface area contributed by atoms with E-state index in [-0.39, 0.29) is 5.03 Å². The number of carbonyl (C=O) groups excluding carboxylic acids is 1. The molecule has 1 rings (SSSR count). The standard InChI is InChI=1S/C15H18F3N3O3S/c1-5-6-11(25-20-9(3)15(16,17)18)19-13(23)12-10(22)7-8(2)21(4)14(12)24/h6-7,22H,5H2,1-4H3,(H,19,23)/b11-6-,20-9?. The number of hydrogen-bond donors (Lipinski definition) is 2. The monoisotopic (exact) mass is 377 g/mol. The molecule has 0 aromatic carbocycles. The highest BCUT2D eigenvalue weighted by molar-refractivity contribution is 8.01. The van der Waals surface area contributed by atoms with Gasteiger partial charge in [-0.05, 0) is 20.3 Å². The molecule has 0 radical (unpaired) electrons. The van der Waals surface area contributed by atoms with Crippen molar-refractivity contribution in [1.29, 1.82) is 0 Å². The first-order valence-corrected chi connectivity index (χ1v) is 7.96. The summed E-state index contributed by atoms with van der Waals surface area (Å²) in [5.74, 6) is -1.43. The van der Waals surface area contributed by atoms with E-state index >= 15 is 0 Å². The van der Waals surface area contributed by atoms with Crippen LogP contribution >= 0.6 is 11.9 Å². The summed E-state index contributed by atoms with van der Waals surface area (Å²) in [7, 11) is 1.43. The van der Waals surface area contributed by atoms with Gasteiger partial charge in [-0.25, -0.2) is 4.40 Å². The molecular formula is C15H18F3N3O3S. The lowest BCUT2D eigenvalue weighted by atomic mass is 10.2. The van der Waals surface area contributed by atoms with Gasteiger partial charge in [0.2, 0.25) is 0 Å². The van der Waals surface area contributed by atoms with Crippen molar-refractivity contribution >= 4 is 23.6 Å². The van der Waals surface area contributed by atoms with Crippen LogP contribution in [0.15, 0.2) is 26.4 Å². The molecule has 0 saturated heterocycles. The van der Waals surface area contributed by atoms with E-state index in [9.17, 15) is 27.9 Å². The fourth-order valence-corrected chi connectivity index (χ4v) is 2.38. The van der Waals surface area contributed by atoms with E-state index in [4.69, 9.17) is 0 Å². The van der Waals surface area contributed by atoms with Crippen LogP contribution in [0.1, 0.15) is 36.3 Å². The summed E-state index contributed by atoms with van der Waals surface area (Å²) in [5, 5.41) is 12.2. The maximum atomic E-state index is 12.5. The normalized spacial score (nSPS) is 13.1. The molecule has 0 aliphatic carbocycles. The highest BCUT2D eigenvalue weighted by Crippen LogP contribution is 2.23. The highest BCUT2D eigenvalue weighted by Gasteiger charge is 2.32. The van der Waals surface area contributed by atoms with E-state index in [1.807, 2.05) is 0 Å². The van der Waals surface area contributed by atoms with Gasteiger partial charge in [0.15, 0.2) is 0 Å². The van der Waals surface area contributed by atoms with Crippen LogP contribution in [0, 0.1) is 6.92 Å². The maximum absolute atomic E-state index is 12.5. The molecule has 0 saturated carbocycles. The Bertz CT molecular complexity index is 783. The van der Waals surface area contributed by atoms with Crippen LogP contribution in [0.3, 0.4) is 0 Å². The average Bonchev–Trinajstić information content (AvgIpc) is 2.49. The molecule has 25 heavy (non-hydrogen) atoms. The fraction of sp³-hybridized carbons (Fsp3) is 0.400. The van der Waals surface area contributed by atoms with Gasteiger partial charge in [-0.3, -0.25) is 9.59 Å². The SMILES string of the molecule is CC/C=C(/NC(=O)c1c(O)cc(C)n(C)c1=O)SN=C(C)C(F)(F)F. The largest absolute Gasteiger partial charge is 0.507 e. The third kappa shape index (κ3) is 5.38. The Labute approximate surface area is 146 Å². The minimum absolute atomic E-state index is 0.0260. The van der Waals surface area contributed by atoms with Gasteiger partial charge >= 0.3 is 6.18 Å². The maximum Gasteiger partial charge on any atom is 0.429 e. The molecule has 0 bridgehead atoms. The number of amides is 1. The van der Waals surface area contributed by atoms with Gasteiger partial charge in [0.25, 0.3) is 11.5 Å². The van der Waals surface area contributed by atoms with Crippen molar-refractivity contribution in [2.24, 2.45) is 11.4 Å². The van der Waals surface area contributed by atoms with Crippen molar-refractivity contribution in [2.75, 3.05) is 0 Å².